The van der Waals surface area contributed by atoms with Crippen LogP contribution in [0.5, 0.6) is 0 Å². The van der Waals surface area contributed by atoms with E-state index in [2.05, 4.69) is 0 Å². The number of alkyl halides is 1. The molecule has 2 bridgehead atoms. The number of ketones is 2. The van der Waals surface area contributed by atoms with Crippen LogP contribution >= 0.6 is 11.6 Å². The Kier molecular flexibility index (Phi) is 1.55. The fourth-order valence-corrected chi connectivity index (χ4v) is 3.44. The highest BCUT2D eigenvalue weighted by Crippen LogP contribution is 2.52. The number of carbonyl (C=O) groups excluding carboxylic acids is 2. The minimum atomic E-state index is -0.176. The molecule has 0 saturated heterocycles. The number of carbonyl (C=O) groups is 2. The number of hydrogen-bond donors (Lipinski definition) is 0. The Balaban J connectivity index is 2.10. The quantitative estimate of drug-likeness (QED) is 0.445. The summed E-state index contributed by atoms with van der Waals surface area (Å²) in [7, 11) is 0. The maximum absolute atomic E-state index is 11.6. The Morgan fingerprint density at radius 2 is 1.36 bits per heavy atom. The van der Waals surface area contributed by atoms with Gasteiger partial charge in [0.2, 0.25) is 0 Å². The normalized spacial score (nSPS) is 48.8. The maximum Gasteiger partial charge on any atom is 0.160 e. The van der Waals surface area contributed by atoms with Gasteiger partial charge in [0.15, 0.2) is 11.6 Å². The van der Waals surface area contributed by atoms with Crippen LogP contribution in [0.1, 0.15) is 0 Å². The van der Waals surface area contributed by atoms with Crippen LogP contribution in [-0.4, -0.2) is 16.9 Å². The molecule has 0 heterocycles. The SMILES string of the molecule is O=C1C=CC(=O)C2C3C=CC(C3Cl)C12. The second-order valence-electron chi connectivity index (χ2n) is 4.17. The van der Waals surface area contributed by atoms with Gasteiger partial charge in [0.05, 0.1) is 0 Å². The van der Waals surface area contributed by atoms with Crippen molar-refractivity contribution in [3.05, 3.63) is 24.3 Å². The summed E-state index contributed by atoms with van der Waals surface area (Å²) in [6.07, 6.45) is 6.80. The third-order valence-electron chi connectivity index (χ3n) is 3.58. The second kappa shape index (κ2) is 2.57. The molecule has 72 valence electrons. The molecular weight excluding hydrogens is 200 g/mol. The average molecular weight is 209 g/mol. The zero-order chi connectivity index (χ0) is 9.87. The highest BCUT2D eigenvalue weighted by molar-refractivity contribution is 6.23. The van der Waals surface area contributed by atoms with Gasteiger partial charge in [0.1, 0.15) is 0 Å². The van der Waals surface area contributed by atoms with E-state index in [1.54, 1.807) is 0 Å². The first-order valence-electron chi connectivity index (χ1n) is 4.78. The van der Waals surface area contributed by atoms with Crippen molar-refractivity contribution in [2.45, 2.75) is 5.38 Å². The summed E-state index contributed by atoms with van der Waals surface area (Å²) in [6, 6.07) is 0. The van der Waals surface area contributed by atoms with E-state index in [4.69, 9.17) is 11.6 Å². The summed E-state index contributed by atoms with van der Waals surface area (Å²) < 4.78 is 0. The van der Waals surface area contributed by atoms with Gasteiger partial charge in [-0.15, -0.1) is 11.6 Å². The van der Waals surface area contributed by atoms with Crippen molar-refractivity contribution in [3.8, 4) is 0 Å². The third kappa shape index (κ3) is 0.825. The maximum atomic E-state index is 11.6. The number of fused-ring (bicyclic) bond motifs is 5. The average Bonchev–Trinajstić information content (AvgIpc) is 2.67. The van der Waals surface area contributed by atoms with Gasteiger partial charge >= 0.3 is 0 Å². The molecule has 0 aromatic rings. The van der Waals surface area contributed by atoms with Crippen molar-refractivity contribution in [1.29, 1.82) is 0 Å². The molecule has 0 aliphatic heterocycles. The van der Waals surface area contributed by atoms with Gasteiger partial charge in [0.25, 0.3) is 0 Å². The number of halogens is 1. The Morgan fingerprint density at radius 1 is 0.929 bits per heavy atom. The molecule has 0 spiro atoms. The first-order valence-corrected chi connectivity index (χ1v) is 5.22. The van der Waals surface area contributed by atoms with Crippen LogP contribution in [0.3, 0.4) is 0 Å². The number of allylic oxidation sites excluding steroid dienone is 4. The molecule has 1 fully saturated rings. The molecule has 3 aliphatic carbocycles. The predicted octanol–water partition coefficient (Wildman–Crippen LogP) is 1.35. The van der Waals surface area contributed by atoms with Crippen molar-refractivity contribution in [2.75, 3.05) is 0 Å². The van der Waals surface area contributed by atoms with Crippen LogP contribution in [-0.2, 0) is 9.59 Å². The zero-order valence-electron chi connectivity index (χ0n) is 7.39. The summed E-state index contributed by atoms with van der Waals surface area (Å²) in [5, 5.41) is -0.0576. The molecule has 3 rings (SSSR count). The predicted molar refractivity (Wildman–Crippen MR) is 51.9 cm³/mol. The summed E-state index contributed by atoms with van der Waals surface area (Å²) >= 11 is 6.19. The van der Waals surface area contributed by atoms with Gasteiger partial charge in [-0.05, 0) is 12.2 Å². The van der Waals surface area contributed by atoms with E-state index in [-0.39, 0.29) is 40.6 Å². The lowest BCUT2D eigenvalue weighted by Crippen LogP contribution is -2.34. The van der Waals surface area contributed by atoms with Crippen LogP contribution < -0.4 is 0 Å². The van der Waals surface area contributed by atoms with Crippen molar-refractivity contribution >= 4 is 23.2 Å². The van der Waals surface area contributed by atoms with E-state index < -0.39 is 0 Å². The second-order valence-corrected chi connectivity index (χ2v) is 4.68. The van der Waals surface area contributed by atoms with E-state index >= 15 is 0 Å². The summed E-state index contributed by atoms with van der Waals surface area (Å²) in [5.41, 5.74) is 0. The molecule has 4 atom stereocenters. The van der Waals surface area contributed by atoms with E-state index in [0.717, 1.165) is 0 Å². The van der Waals surface area contributed by atoms with Crippen LogP contribution in [0, 0.1) is 23.7 Å². The van der Waals surface area contributed by atoms with Crippen molar-refractivity contribution in [2.24, 2.45) is 23.7 Å². The van der Waals surface area contributed by atoms with Gasteiger partial charge in [-0.1, -0.05) is 12.2 Å². The van der Waals surface area contributed by atoms with Crippen LogP contribution in [0.4, 0.5) is 0 Å². The van der Waals surface area contributed by atoms with Crippen LogP contribution in [0.2, 0.25) is 0 Å². The lowest BCUT2D eigenvalue weighted by Gasteiger charge is -2.25. The van der Waals surface area contributed by atoms with E-state index in [1.807, 2.05) is 12.2 Å². The topological polar surface area (TPSA) is 34.1 Å². The largest absolute Gasteiger partial charge is 0.294 e. The molecule has 3 aliphatic rings. The van der Waals surface area contributed by atoms with Gasteiger partial charge < -0.3 is 0 Å². The van der Waals surface area contributed by atoms with Gasteiger partial charge in [-0.3, -0.25) is 9.59 Å². The molecule has 1 saturated carbocycles. The molecule has 0 amide bonds. The van der Waals surface area contributed by atoms with Crippen LogP contribution in [0.25, 0.3) is 0 Å². The summed E-state index contributed by atoms with van der Waals surface area (Å²) in [5.74, 6) is -0.0645. The lowest BCUT2D eigenvalue weighted by molar-refractivity contribution is -0.129. The molecule has 14 heavy (non-hydrogen) atoms. The highest BCUT2D eigenvalue weighted by atomic mass is 35.5. The Bertz CT molecular complexity index is 349. The lowest BCUT2D eigenvalue weighted by atomic mass is 9.75. The molecule has 0 aromatic heterocycles. The number of hydrogen-bond acceptors (Lipinski definition) is 2. The summed E-state index contributed by atoms with van der Waals surface area (Å²) in [6.45, 7) is 0. The standard InChI is InChI=1S/C11H9ClO2/c12-11-5-1-2-6(11)10-8(14)4-3-7(13)9(5)10/h1-6,9-11H. The molecule has 0 N–H and O–H groups in total. The monoisotopic (exact) mass is 208 g/mol. The summed E-state index contributed by atoms with van der Waals surface area (Å²) in [4.78, 5) is 23.3. The highest BCUT2D eigenvalue weighted by Gasteiger charge is 2.56. The van der Waals surface area contributed by atoms with E-state index in [0.29, 0.717) is 0 Å². The zero-order valence-corrected chi connectivity index (χ0v) is 8.15. The Labute approximate surface area is 86.6 Å². The minimum Gasteiger partial charge on any atom is -0.294 e. The van der Waals surface area contributed by atoms with Crippen LogP contribution in [0.15, 0.2) is 24.3 Å². The third-order valence-corrected chi connectivity index (χ3v) is 4.16. The van der Waals surface area contributed by atoms with E-state index in [1.165, 1.54) is 12.2 Å². The molecule has 3 heteroatoms. The molecular formula is C11H9ClO2. The first kappa shape index (κ1) is 8.42. The molecule has 0 aromatic carbocycles. The minimum absolute atomic E-state index is 0.0576. The molecule has 2 nitrogen and oxygen atoms in total. The molecule has 4 unspecified atom stereocenters. The Hall–Kier alpha value is -0.890. The molecule has 0 radical (unpaired) electrons. The van der Waals surface area contributed by atoms with Gasteiger partial charge in [-0.25, -0.2) is 0 Å². The fourth-order valence-electron chi connectivity index (χ4n) is 2.96. The van der Waals surface area contributed by atoms with Crippen molar-refractivity contribution in [1.82, 2.24) is 0 Å². The van der Waals surface area contributed by atoms with Crippen molar-refractivity contribution < 1.29 is 9.59 Å². The van der Waals surface area contributed by atoms with Gasteiger partial charge in [-0.2, -0.15) is 0 Å². The fraction of sp³-hybridized carbons (Fsp3) is 0.455. The van der Waals surface area contributed by atoms with E-state index in [9.17, 15) is 9.59 Å². The van der Waals surface area contributed by atoms with Crippen molar-refractivity contribution in [3.63, 3.8) is 0 Å². The number of rotatable bonds is 0. The van der Waals surface area contributed by atoms with Gasteiger partial charge in [0, 0.05) is 29.0 Å². The Morgan fingerprint density at radius 3 is 1.79 bits per heavy atom. The first-order chi connectivity index (χ1) is 6.70. The smallest absolute Gasteiger partial charge is 0.160 e.